The van der Waals surface area contributed by atoms with Gasteiger partial charge in [-0.1, -0.05) is 6.07 Å². The zero-order valence-corrected chi connectivity index (χ0v) is 11.3. The molecular formula is C13H16N2O2S. The number of thiazole rings is 1. The normalized spacial score (nSPS) is 10.3. The van der Waals surface area contributed by atoms with Crippen LogP contribution in [0, 0.1) is 0 Å². The summed E-state index contributed by atoms with van der Waals surface area (Å²) >= 11 is 1.66. The highest BCUT2D eigenvalue weighted by Gasteiger charge is 2.03. The molecule has 0 unspecified atom stereocenters. The third-order valence-electron chi connectivity index (χ3n) is 2.36. The van der Waals surface area contributed by atoms with Gasteiger partial charge in [-0.25, -0.2) is 4.98 Å². The Balaban J connectivity index is 1.93. The summed E-state index contributed by atoms with van der Waals surface area (Å²) in [5.74, 6) is 1.59. The molecule has 2 aromatic rings. The van der Waals surface area contributed by atoms with Gasteiger partial charge in [-0.2, -0.15) is 0 Å². The maximum absolute atomic E-state index is 5.67. The van der Waals surface area contributed by atoms with Crippen LogP contribution in [0.4, 0.5) is 0 Å². The molecule has 0 radical (unpaired) electrons. The first-order valence-electron chi connectivity index (χ1n) is 5.67. The fourth-order valence-electron chi connectivity index (χ4n) is 1.51. The summed E-state index contributed by atoms with van der Waals surface area (Å²) in [4.78, 5) is 5.52. The first kappa shape index (κ1) is 12.9. The molecule has 18 heavy (non-hydrogen) atoms. The van der Waals surface area contributed by atoms with E-state index in [2.05, 4.69) is 10.3 Å². The number of hydrogen-bond donors (Lipinski definition) is 1. The first-order valence-corrected chi connectivity index (χ1v) is 6.48. The Morgan fingerprint density at radius 3 is 2.94 bits per heavy atom. The highest BCUT2D eigenvalue weighted by atomic mass is 32.1. The predicted molar refractivity (Wildman–Crippen MR) is 72.2 cm³/mol. The van der Waals surface area contributed by atoms with Crippen LogP contribution in [0.15, 0.2) is 30.5 Å². The van der Waals surface area contributed by atoms with Crippen LogP contribution in [0.5, 0.6) is 11.5 Å². The van der Waals surface area contributed by atoms with Crippen molar-refractivity contribution in [1.29, 1.82) is 0 Å². The minimum atomic E-state index is 0.488. The van der Waals surface area contributed by atoms with Crippen molar-refractivity contribution in [3.05, 3.63) is 40.3 Å². The number of ether oxygens (including phenoxy) is 2. The summed E-state index contributed by atoms with van der Waals surface area (Å²) in [5.41, 5.74) is 0. The molecule has 5 heteroatoms. The van der Waals surface area contributed by atoms with Crippen molar-refractivity contribution in [2.45, 2.75) is 13.2 Å². The summed E-state index contributed by atoms with van der Waals surface area (Å²) in [7, 11) is 3.57. The minimum Gasteiger partial charge on any atom is -0.497 e. The van der Waals surface area contributed by atoms with Gasteiger partial charge in [0.2, 0.25) is 0 Å². The second-order valence-electron chi connectivity index (χ2n) is 3.72. The summed E-state index contributed by atoms with van der Waals surface area (Å²) in [6, 6.07) is 7.57. The van der Waals surface area contributed by atoms with Gasteiger partial charge in [-0.15, -0.1) is 11.3 Å². The molecule has 0 amide bonds. The van der Waals surface area contributed by atoms with E-state index in [1.165, 1.54) is 4.88 Å². The van der Waals surface area contributed by atoms with Crippen molar-refractivity contribution in [1.82, 2.24) is 10.3 Å². The molecule has 1 aromatic heterocycles. The molecule has 0 aliphatic carbocycles. The maximum Gasteiger partial charge on any atom is 0.140 e. The van der Waals surface area contributed by atoms with Gasteiger partial charge in [0.25, 0.3) is 0 Å². The lowest BCUT2D eigenvalue weighted by Crippen LogP contribution is -2.02. The van der Waals surface area contributed by atoms with Crippen molar-refractivity contribution >= 4 is 11.3 Å². The molecule has 4 nitrogen and oxygen atoms in total. The number of methoxy groups -OCH3 is 1. The number of aromatic nitrogens is 1. The summed E-state index contributed by atoms with van der Waals surface area (Å²) in [6.45, 7) is 1.33. The van der Waals surface area contributed by atoms with Gasteiger partial charge in [-0.3, -0.25) is 0 Å². The van der Waals surface area contributed by atoms with E-state index in [4.69, 9.17) is 9.47 Å². The van der Waals surface area contributed by atoms with Crippen LogP contribution in [0.2, 0.25) is 0 Å². The molecule has 0 bridgehead atoms. The molecular weight excluding hydrogens is 248 g/mol. The molecule has 0 aliphatic heterocycles. The van der Waals surface area contributed by atoms with Gasteiger partial charge in [0.1, 0.15) is 23.1 Å². The van der Waals surface area contributed by atoms with Crippen LogP contribution in [0.1, 0.15) is 9.88 Å². The summed E-state index contributed by atoms with van der Waals surface area (Å²) < 4.78 is 10.8. The lowest BCUT2D eigenvalue weighted by Gasteiger charge is -2.05. The zero-order valence-electron chi connectivity index (χ0n) is 10.5. The predicted octanol–water partition coefficient (Wildman–Crippen LogP) is 2.45. The average molecular weight is 264 g/mol. The number of nitrogens with one attached hydrogen (secondary N) is 1. The first-order chi connectivity index (χ1) is 8.81. The van der Waals surface area contributed by atoms with Crippen LogP contribution in [0.3, 0.4) is 0 Å². The second kappa shape index (κ2) is 6.37. The van der Waals surface area contributed by atoms with Crippen LogP contribution < -0.4 is 14.8 Å². The maximum atomic E-state index is 5.67. The van der Waals surface area contributed by atoms with Gasteiger partial charge < -0.3 is 14.8 Å². The van der Waals surface area contributed by atoms with Gasteiger partial charge in [0.15, 0.2) is 0 Å². The fraction of sp³-hybridized carbons (Fsp3) is 0.308. The van der Waals surface area contributed by atoms with E-state index in [0.29, 0.717) is 6.61 Å². The molecule has 2 rings (SSSR count). The Hall–Kier alpha value is -1.59. The van der Waals surface area contributed by atoms with E-state index < -0.39 is 0 Å². The molecule has 0 saturated carbocycles. The highest BCUT2D eigenvalue weighted by molar-refractivity contribution is 7.11. The van der Waals surface area contributed by atoms with Gasteiger partial charge >= 0.3 is 0 Å². The molecule has 0 aliphatic rings. The molecule has 1 aromatic carbocycles. The minimum absolute atomic E-state index is 0.488. The Morgan fingerprint density at radius 2 is 2.17 bits per heavy atom. The monoisotopic (exact) mass is 264 g/mol. The molecule has 0 saturated heterocycles. The van der Waals surface area contributed by atoms with E-state index in [-0.39, 0.29) is 0 Å². The Labute approximate surface area is 111 Å². The molecule has 1 N–H and O–H groups in total. The van der Waals surface area contributed by atoms with Crippen LogP contribution in [-0.2, 0) is 13.2 Å². The molecule has 96 valence electrons. The Bertz CT molecular complexity index is 499. The average Bonchev–Trinajstić information content (AvgIpc) is 2.85. The lowest BCUT2D eigenvalue weighted by molar-refractivity contribution is 0.303. The van der Waals surface area contributed by atoms with Crippen molar-refractivity contribution in [3.8, 4) is 11.5 Å². The van der Waals surface area contributed by atoms with E-state index >= 15 is 0 Å². The van der Waals surface area contributed by atoms with Crippen molar-refractivity contribution < 1.29 is 9.47 Å². The van der Waals surface area contributed by atoms with E-state index in [9.17, 15) is 0 Å². The molecule has 0 spiro atoms. The second-order valence-corrected chi connectivity index (χ2v) is 4.92. The quantitative estimate of drug-likeness (QED) is 0.870. The number of benzene rings is 1. The smallest absolute Gasteiger partial charge is 0.140 e. The van der Waals surface area contributed by atoms with E-state index in [1.54, 1.807) is 18.4 Å². The standard InChI is InChI=1S/C13H16N2O2S/c1-14-7-12-8-15-13(18-12)9-17-11-5-3-4-10(6-11)16-2/h3-6,8,14H,7,9H2,1-2H3. The Kier molecular flexibility index (Phi) is 4.55. The molecule has 0 atom stereocenters. The van der Waals surface area contributed by atoms with Crippen LogP contribution in [0.25, 0.3) is 0 Å². The van der Waals surface area contributed by atoms with Gasteiger partial charge in [0, 0.05) is 23.7 Å². The summed E-state index contributed by atoms with van der Waals surface area (Å²) in [6.07, 6.45) is 1.88. The Morgan fingerprint density at radius 1 is 1.33 bits per heavy atom. The fourth-order valence-corrected chi connectivity index (χ4v) is 2.35. The van der Waals surface area contributed by atoms with Gasteiger partial charge in [-0.05, 0) is 19.2 Å². The van der Waals surface area contributed by atoms with Crippen LogP contribution >= 0.6 is 11.3 Å². The third-order valence-corrected chi connectivity index (χ3v) is 3.33. The molecule has 0 fully saturated rings. The number of hydrogen-bond acceptors (Lipinski definition) is 5. The molecule has 1 heterocycles. The topological polar surface area (TPSA) is 43.4 Å². The van der Waals surface area contributed by atoms with Crippen molar-refractivity contribution in [2.75, 3.05) is 14.2 Å². The van der Waals surface area contributed by atoms with E-state index in [0.717, 1.165) is 23.1 Å². The van der Waals surface area contributed by atoms with Crippen LogP contribution in [-0.4, -0.2) is 19.1 Å². The summed E-state index contributed by atoms with van der Waals surface area (Å²) in [5, 5.41) is 4.07. The van der Waals surface area contributed by atoms with Crippen molar-refractivity contribution in [2.24, 2.45) is 0 Å². The SMILES string of the molecule is CNCc1cnc(COc2cccc(OC)c2)s1. The third kappa shape index (κ3) is 3.45. The van der Waals surface area contributed by atoms with E-state index in [1.807, 2.05) is 37.5 Å². The highest BCUT2D eigenvalue weighted by Crippen LogP contribution is 2.21. The zero-order chi connectivity index (χ0) is 12.8. The van der Waals surface area contributed by atoms with Gasteiger partial charge in [0.05, 0.1) is 7.11 Å². The number of nitrogens with zero attached hydrogens (tertiary/aromatic N) is 1. The number of rotatable bonds is 6. The lowest BCUT2D eigenvalue weighted by atomic mass is 10.3. The van der Waals surface area contributed by atoms with Crippen molar-refractivity contribution in [3.63, 3.8) is 0 Å². The largest absolute Gasteiger partial charge is 0.497 e.